The predicted octanol–water partition coefficient (Wildman–Crippen LogP) is 4.42. The van der Waals surface area contributed by atoms with Gasteiger partial charge in [0.15, 0.2) is 6.61 Å². The SMILES string of the molecule is CCC(C)c1ccccc1OCC(=O)Nc1ccc2c(c1F)CCNC2.Cl. The number of rotatable bonds is 6. The molecule has 0 radical (unpaired) electrons. The third-order valence-corrected chi connectivity index (χ3v) is 4.90. The lowest BCUT2D eigenvalue weighted by molar-refractivity contribution is -0.118. The molecule has 0 fully saturated rings. The number of halogens is 2. The molecule has 2 N–H and O–H groups in total. The van der Waals surface area contributed by atoms with E-state index in [4.69, 9.17) is 4.74 Å². The fourth-order valence-corrected chi connectivity index (χ4v) is 3.20. The van der Waals surface area contributed by atoms with Crippen LogP contribution in [0.4, 0.5) is 10.1 Å². The fraction of sp³-hybridized carbons (Fsp3) is 0.381. The third kappa shape index (κ3) is 4.99. The second kappa shape index (κ2) is 9.72. The first kappa shape index (κ1) is 21.2. The van der Waals surface area contributed by atoms with Crippen molar-refractivity contribution in [3.8, 4) is 5.75 Å². The number of nitrogens with one attached hydrogen (secondary N) is 2. The molecule has 1 aliphatic rings. The monoisotopic (exact) mass is 392 g/mol. The first-order valence-electron chi connectivity index (χ1n) is 9.12. The Labute approximate surface area is 165 Å². The Morgan fingerprint density at radius 2 is 2.07 bits per heavy atom. The smallest absolute Gasteiger partial charge is 0.262 e. The maximum atomic E-state index is 14.6. The van der Waals surface area contributed by atoms with Crippen molar-refractivity contribution >= 4 is 24.0 Å². The first-order valence-corrected chi connectivity index (χ1v) is 9.12. The first-order chi connectivity index (χ1) is 12.6. The molecule has 0 bridgehead atoms. The lowest BCUT2D eigenvalue weighted by Gasteiger charge is -2.19. The maximum absolute atomic E-state index is 14.6. The van der Waals surface area contributed by atoms with Crippen molar-refractivity contribution in [3.05, 3.63) is 58.9 Å². The van der Waals surface area contributed by atoms with Gasteiger partial charge in [0, 0.05) is 6.54 Å². The van der Waals surface area contributed by atoms with Crippen LogP contribution in [0, 0.1) is 5.82 Å². The highest BCUT2D eigenvalue weighted by Gasteiger charge is 2.18. The number of ether oxygens (including phenoxy) is 1. The van der Waals surface area contributed by atoms with E-state index in [9.17, 15) is 9.18 Å². The number of para-hydroxylation sites is 1. The van der Waals surface area contributed by atoms with Gasteiger partial charge in [0.2, 0.25) is 0 Å². The fourth-order valence-electron chi connectivity index (χ4n) is 3.20. The molecule has 3 rings (SSSR count). The third-order valence-electron chi connectivity index (χ3n) is 4.90. The van der Waals surface area contributed by atoms with Crippen molar-refractivity contribution in [2.75, 3.05) is 18.5 Å². The summed E-state index contributed by atoms with van der Waals surface area (Å²) in [7, 11) is 0. The zero-order valence-electron chi connectivity index (χ0n) is 15.7. The van der Waals surface area contributed by atoms with Gasteiger partial charge in [-0.25, -0.2) is 4.39 Å². The van der Waals surface area contributed by atoms with Gasteiger partial charge in [0.25, 0.3) is 5.91 Å². The highest BCUT2D eigenvalue weighted by atomic mass is 35.5. The van der Waals surface area contributed by atoms with Crippen molar-refractivity contribution in [2.45, 2.75) is 39.2 Å². The predicted molar refractivity (Wildman–Crippen MR) is 108 cm³/mol. The molecule has 1 atom stereocenters. The average Bonchev–Trinajstić information content (AvgIpc) is 2.68. The Morgan fingerprint density at radius 3 is 2.85 bits per heavy atom. The van der Waals surface area contributed by atoms with Gasteiger partial charge in [-0.1, -0.05) is 38.1 Å². The van der Waals surface area contributed by atoms with Crippen LogP contribution in [0.25, 0.3) is 0 Å². The Morgan fingerprint density at radius 1 is 1.30 bits per heavy atom. The zero-order chi connectivity index (χ0) is 18.5. The number of hydrogen-bond donors (Lipinski definition) is 2. The molecule has 0 saturated heterocycles. The number of carbonyl (C=O) groups excluding carboxylic acids is 1. The molecule has 1 amide bonds. The van der Waals surface area contributed by atoms with Crippen LogP contribution in [0.15, 0.2) is 36.4 Å². The summed E-state index contributed by atoms with van der Waals surface area (Å²) < 4.78 is 20.3. The quantitative estimate of drug-likeness (QED) is 0.764. The highest BCUT2D eigenvalue weighted by molar-refractivity contribution is 5.92. The molecule has 6 heteroatoms. The van der Waals surface area contributed by atoms with Crippen LogP contribution in [0.5, 0.6) is 5.75 Å². The molecule has 1 aliphatic heterocycles. The van der Waals surface area contributed by atoms with Crippen LogP contribution in [-0.4, -0.2) is 19.1 Å². The molecule has 1 heterocycles. The number of fused-ring (bicyclic) bond motifs is 1. The largest absolute Gasteiger partial charge is 0.483 e. The number of amides is 1. The number of benzene rings is 2. The van der Waals surface area contributed by atoms with Crippen molar-refractivity contribution in [1.82, 2.24) is 5.32 Å². The van der Waals surface area contributed by atoms with Crippen molar-refractivity contribution < 1.29 is 13.9 Å². The summed E-state index contributed by atoms with van der Waals surface area (Å²) in [4.78, 5) is 12.2. The van der Waals surface area contributed by atoms with Crippen LogP contribution >= 0.6 is 12.4 Å². The van der Waals surface area contributed by atoms with Gasteiger partial charge in [-0.15, -0.1) is 12.4 Å². The molecule has 2 aromatic rings. The van der Waals surface area contributed by atoms with Gasteiger partial charge < -0.3 is 15.4 Å². The molecule has 146 valence electrons. The number of hydrogen-bond acceptors (Lipinski definition) is 3. The van der Waals surface area contributed by atoms with E-state index >= 15 is 0 Å². The second-order valence-electron chi connectivity index (χ2n) is 6.68. The van der Waals surface area contributed by atoms with E-state index in [1.165, 1.54) is 0 Å². The Balaban J connectivity index is 0.00000261. The molecule has 0 aromatic heterocycles. The minimum Gasteiger partial charge on any atom is -0.483 e. The molecule has 4 nitrogen and oxygen atoms in total. The minimum absolute atomic E-state index is 0. The summed E-state index contributed by atoms with van der Waals surface area (Å²) in [6.45, 7) is 5.50. The van der Waals surface area contributed by atoms with E-state index in [1.54, 1.807) is 6.07 Å². The molecule has 2 aromatic carbocycles. The van der Waals surface area contributed by atoms with E-state index in [0.29, 0.717) is 30.2 Å². The van der Waals surface area contributed by atoms with Gasteiger partial charge in [0.1, 0.15) is 11.6 Å². The molecule has 27 heavy (non-hydrogen) atoms. The Hall–Kier alpha value is -2.11. The lowest BCUT2D eigenvalue weighted by Crippen LogP contribution is -2.26. The van der Waals surface area contributed by atoms with Crippen LogP contribution in [0.3, 0.4) is 0 Å². The summed E-state index contributed by atoms with van der Waals surface area (Å²) in [6, 6.07) is 11.2. The molecular formula is C21H26ClFN2O2. The zero-order valence-corrected chi connectivity index (χ0v) is 16.5. The molecule has 0 saturated carbocycles. The van der Waals surface area contributed by atoms with Gasteiger partial charge in [-0.3, -0.25) is 4.79 Å². The van der Waals surface area contributed by atoms with E-state index in [0.717, 1.165) is 24.1 Å². The molecular weight excluding hydrogens is 367 g/mol. The number of anilines is 1. The van der Waals surface area contributed by atoms with Gasteiger partial charge >= 0.3 is 0 Å². The standard InChI is InChI=1S/C21H25FN2O2.ClH/c1-3-14(2)16-6-4-5-7-19(16)26-13-20(25)24-18-9-8-15-12-23-11-10-17(15)21(18)22;/h4-9,14,23H,3,10-13H2,1-2H3,(H,24,25);1H. The summed E-state index contributed by atoms with van der Waals surface area (Å²) in [5, 5.41) is 5.85. The van der Waals surface area contributed by atoms with Crippen molar-refractivity contribution in [2.24, 2.45) is 0 Å². The Bertz CT molecular complexity index is 798. The summed E-state index contributed by atoms with van der Waals surface area (Å²) >= 11 is 0. The van der Waals surface area contributed by atoms with E-state index in [-0.39, 0.29) is 36.4 Å². The normalized spacial score (nSPS) is 13.9. The van der Waals surface area contributed by atoms with Crippen molar-refractivity contribution in [1.29, 1.82) is 0 Å². The molecule has 0 spiro atoms. The highest BCUT2D eigenvalue weighted by Crippen LogP contribution is 2.28. The molecule has 0 aliphatic carbocycles. The van der Waals surface area contributed by atoms with Gasteiger partial charge in [0.05, 0.1) is 5.69 Å². The van der Waals surface area contributed by atoms with Crippen LogP contribution < -0.4 is 15.4 Å². The van der Waals surface area contributed by atoms with Crippen LogP contribution in [-0.2, 0) is 17.8 Å². The molecule has 1 unspecified atom stereocenters. The van der Waals surface area contributed by atoms with E-state index < -0.39 is 0 Å². The number of carbonyl (C=O) groups is 1. The summed E-state index contributed by atoms with van der Waals surface area (Å²) in [5.41, 5.74) is 2.93. The average molecular weight is 393 g/mol. The second-order valence-corrected chi connectivity index (χ2v) is 6.68. The van der Waals surface area contributed by atoms with E-state index in [1.807, 2.05) is 30.3 Å². The van der Waals surface area contributed by atoms with E-state index in [2.05, 4.69) is 24.5 Å². The lowest BCUT2D eigenvalue weighted by atomic mass is 9.98. The van der Waals surface area contributed by atoms with Crippen molar-refractivity contribution in [3.63, 3.8) is 0 Å². The van der Waals surface area contributed by atoms with Gasteiger partial charge in [-0.05, 0) is 54.1 Å². The topological polar surface area (TPSA) is 50.4 Å². The summed E-state index contributed by atoms with van der Waals surface area (Å²) in [5.74, 6) is 0.351. The van der Waals surface area contributed by atoms with Crippen LogP contribution in [0.1, 0.15) is 42.9 Å². The minimum atomic E-state index is -0.364. The Kier molecular flexibility index (Phi) is 7.63. The van der Waals surface area contributed by atoms with Gasteiger partial charge in [-0.2, -0.15) is 0 Å². The maximum Gasteiger partial charge on any atom is 0.262 e. The summed E-state index contributed by atoms with van der Waals surface area (Å²) in [6.07, 6.45) is 1.62. The van der Waals surface area contributed by atoms with Crippen LogP contribution in [0.2, 0.25) is 0 Å².